The van der Waals surface area contributed by atoms with Gasteiger partial charge in [0.05, 0.1) is 4.90 Å². The van der Waals surface area contributed by atoms with Crippen molar-refractivity contribution in [1.82, 2.24) is 4.31 Å². The van der Waals surface area contributed by atoms with Gasteiger partial charge in [0.15, 0.2) is 0 Å². The van der Waals surface area contributed by atoms with Crippen LogP contribution in [0, 0.1) is 18.8 Å². The zero-order valence-electron chi connectivity index (χ0n) is 16.0. The fourth-order valence-electron chi connectivity index (χ4n) is 4.22. The van der Waals surface area contributed by atoms with Crippen LogP contribution in [-0.2, 0) is 14.8 Å². The number of hydrogen-bond donors (Lipinski definition) is 0. The van der Waals surface area contributed by atoms with Crippen LogP contribution in [0.3, 0.4) is 0 Å². The Morgan fingerprint density at radius 3 is 2.36 bits per heavy atom. The van der Waals surface area contributed by atoms with Gasteiger partial charge in [-0.05, 0) is 48.4 Å². The monoisotopic (exact) mass is 395 g/mol. The predicted octanol–water partition coefficient (Wildman–Crippen LogP) is 4.07. The van der Waals surface area contributed by atoms with Gasteiger partial charge in [-0.25, -0.2) is 8.42 Å². The molecule has 0 bridgehead atoms. The molecular weight excluding hydrogens is 370 g/mol. The number of ketones is 1. The number of Topliss-reactive ketones (excluding diaryl/α,β-unsaturated/α-hetero) is 1. The molecule has 0 radical (unpaired) electrons. The van der Waals surface area contributed by atoms with Crippen LogP contribution < -0.4 is 0 Å². The molecule has 2 atom stereocenters. The molecule has 5 heteroatoms. The molecule has 1 aliphatic carbocycles. The number of nitrogens with zero attached hydrogens (tertiary/aromatic N) is 1. The number of fused-ring (bicyclic) bond motifs is 1. The second-order valence-electron chi connectivity index (χ2n) is 7.86. The summed E-state index contributed by atoms with van der Waals surface area (Å²) in [5.41, 5.74) is 3.30. The summed E-state index contributed by atoms with van der Waals surface area (Å²) < 4.78 is 27.8. The molecule has 4 rings (SSSR count). The smallest absolute Gasteiger partial charge is 0.243 e. The summed E-state index contributed by atoms with van der Waals surface area (Å²) in [6.45, 7) is 2.78. The molecule has 1 saturated heterocycles. The first kappa shape index (κ1) is 19.1. The summed E-state index contributed by atoms with van der Waals surface area (Å²) in [4.78, 5) is 12.7. The molecule has 1 aliphatic heterocycles. The highest BCUT2D eigenvalue weighted by atomic mass is 32.2. The molecule has 0 unspecified atom stereocenters. The fraction of sp³-hybridized carbons (Fsp3) is 0.348. The van der Waals surface area contributed by atoms with E-state index in [2.05, 4.69) is 18.2 Å². The maximum Gasteiger partial charge on any atom is 0.243 e. The molecule has 0 saturated carbocycles. The quantitative estimate of drug-likeness (QED) is 0.787. The van der Waals surface area contributed by atoms with E-state index >= 15 is 0 Å². The van der Waals surface area contributed by atoms with Crippen molar-refractivity contribution in [2.75, 3.05) is 13.1 Å². The molecule has 1 fully saturated rings. The zero-order chi connectivity index (χ0) is 19.7. The lowest BCUT2D eigenvalue weighted by Gasteiger charge is -2.20. The van der Waals surface area contributed by atoms with Crippen LogP contribution in [0.1, 0.15) is 30.4 Å². The van der Waals surface area contributed by atoms with Crippen molar-refractivity contribution in [3.63, 3.8) is 0 Å². The van der Waals surface area contributed by atoms with E-state index in [1.165, 1.54) is 0 Å². The molecule has 28 heavy (non-hydrogen) atoms. The van der Waals surface area contributed by atoms with Crippen molar-refractivity contribution in [2.24, 2.45) is 11.8 Å². The molecule has 0 spiro atoms. The second-order valence-corrected chi connectivity index (χ2v) is 9.80. The van der Waals surface area contributed by atoms with E-state index in [1.54, 1.807) is 16.4 Å². The third kappa shape index (κ3) is 3.82. The van der Waals surface area contributed by atoms with E-state index in [9.17, 15) is 13.2 Å². The normalized spacial score (nSPS) is 25.5. The van der Waals surface area contributed by atoms with Gasteiger partial charge in [0.25, 0.3) is 0 Å². The molecule has 0 aromatic heterocycles. The van der Waals surface area contributed by atoms with E-state index in [0.29, 0.717) is 30.8 Å². The number of benzene rings is 2. The minimum Gasteiger partial charge on any atom is -0.300 e. The van der Waals surface area contributed by atoms with Crippen LogP contribution >= 0.6 is 0 Å². The average Bonchev–Trinajstić information content (AvgIpc) is 3.07. The van der Waals surface area contributed by atoms with Gasteiger partial charge in [-0.1, -0.05) is 54.1 Å². The van der Waals surface area contributed by atoms with Crippen molar-refractivity contribution in [2.45, 2.75) is 31.1 Å². The van der Waals surface area contributed by atoms with Crippen LogP contribution in [0.4, 0.5) is 0 Å². The SMILES string of the molecule is Cc1ccc(S(=O)(=O)N2C[C@@H]3CC(=O)CC/C(c4ccccc4)=C\[C@@H]3C2)cc1. The third-order valence-corrected chi connectivity index (χ3v) is 7.69. The van der Waals surface area contributed by atoms with Crippen LogP contribution in [0.5, 0.6) is 0 Å². The van der Waals surface area contributed by atoms with Crippen molar-refractivity contribution in [1.29, 1.82) is 0 Å². The number of hydrogen-bond acceptors (Lipinski definition) is 3. The number of allylic oxidation sites excluding steroid dienone is 1. The van der Waals surface area contributed by atoms with Crippen LogP contribution in [0.2, 0.25) is 0 Å². The summed E-state index contributed by atoms with van der Waals surface area (Å²) in [6, 6.07) is 17.1. The Kier molecular flexibility index (Phi) is 5.21. The lowest BCUT2D eigenvalue weighted by Crippen LogP contribution is -2.29. The van der Waals surface area contributed by atoms with Crippen LogP contribution in [0.25, 0.3) is 5.57 Å². The lowest BCUT2D eigenvalue weighted by atomic mass is 9.83. The molecule has 0 amide bonds. The Bertz CT molecular complexity index is 994. The summed E-state index contributed by atoms with van der Waals surface area (Å²) in [5, 5.41) is 0. The van der Waals surface area contributed by atoms with Crippen molar-refractivity contribution < 1.29 is 13.2 Å². The van der Waals surface area contributed by atoms with Gasteiger partial charge in [0, 0.05) is 25.9 Å². The Labute approximate surface area is 166 Å². The Morgan fingerprint density at radius 1 is 0.929 bits per heavy atom. The van der Waals surface area contributed by atoms with Crippen molar-refractivity contribution in [3.05, 3.63) is 71.8 Å². The fourth-order valence-corrected chi connectivity index (χ4v) is 5.75. The van der Waals surface area contributed by atoms with Gasteiger partial charge in [-0.3, -0.25) is 4.79 Å². The molecule has 2 aromatic carbocycles. The number of carbonyl (C=O) groups is 1. The van der Waals surface area contributed by atoms with Gasteiger partial charge in [0.2, 0.25) is 10.0 Å². The highest BCUT2D eigenvalue weighted by Gasteiger charge is 2.40. The number of rotatable bonds is 3. The van der Waals surface area contributed by atoms with Crippen molar-refractivity contribution in [3.8, 4) is 0 Å². The maximum absolute atomic E-state index is 13.1. The van der Waals surface area contributed by atoms with E-state index in [1.807, 2.05) is 37.3 Å². The molecule has 2 aliphatic rings. The first-order valence-electron chi connectivity index (χ1n) is 9.78. The largest absolute Gasteiger partial charge is 0.300 e. The van der Waals surface area contributed by atoms with E-state index in [4.69, 9.17) is 0 Å². The number of carbonyl (C=O) groups excluding carboxylic acids is 1. The van der Waals surface area contributed by atoms with Gasteiger partial charge < -0.3 is 0 Å². The van der Waals surface area contributed by atoms with E-state index in [0.717, 1.165) is 23.1 Å². The highest BCUT2D eigenvalue weighted by molar-refractivity contribution is 7.89. The van der Waals surface area contributed by atoms with Crippen LogP contribution in [0.15, 0.2) is 65.6 Å². The predicted molar refractivity (Wildman–Crippen MR) is 110 cm³/mol. The van der Waals surface area contributed by atoms with Gasteiger partial charge in [-0.15, -0.1) is 0 Å². The number of aryl methyl sites for hydroxylation is 1. The summed E-state index contributed by atoms with van der Waals surface area (Å²) in [5.74, 6) is 0.345. The molecule has 4 nitrogen and oxygen atoms in total. The van der Waals surface area contributed by atoms with Gasteiger partial charge >= 0.3 is 0 Å². The molecular formula is C23H25NO3S. The minimum atomic E-state index is -3.54. The summed E-state index contributed by atoms with van der Waals surface area (Å²) in [6.07, 6.45) is 3.92. The second kappa shape index (κ2) is 7.64. The van der Waals surface area contributed by atoms with Gasteiger partial charge in [0.1, 0.15) is 5.78 Å². The zero-order valence-corrected chi connectivity index (χ0v) is 16.9. The molecule has 0 N–H and O–H groups in total. The lowest BCUT2D eigenvalue weighted by molar-refractivity contribution is -0.120. The summed E-state index contributed by atoms with van der Waals surface area (Å²) in [7, 11) is -3.54. The third-order valence-electron chi connectivity index (χ3n) is 5.84. The van der Waals surface area contributed by atoms with Crippen LogP contribution in [-0.4, -0.2) is 31.6 Å². The average molecular weight is 396 g/mol. The van der Waals surface area contributed by atoms with E-state index in [-0.39, 0.29) is 17.6 Å². The summed E-state index contributed by atoms with van der Waals surface area (Å²) >= 11 is 0. The van der Waals surface area contributed by atoms with Gasteiger partial charge in [-0.2, -0.15) is 4.31 Å². The first-order valence-corrected chi connectivity index (χ1v) is 11.2. The topological polar surface area (TPSA) is 54.5 Å². The maximum atomic E-state index is 13.1. The first-order chi connectivity index (χ1) is 13.4. The van der Waals surface area contributed by atoms with Crippen molar-refractivity contribution >= 4 is 21.4 Å². The molecule has 1 heterocycles. The molecule has 2 aromatic rings. The Balaban J connectivity index is 1.64. The minimum absolute atomic E-state index is 0.0479. The number of sulfonamides is 1. The Hall–Kier alpha value is -2.24. The highest BCUT2D eigenvalue weighted by Crippen LogP contribution is 2.36. The standard InChI is InChI=1S/C23H25NO3S/c1-17-7-11-23(12-8-17)28(26,27)24-15-20-13-19(18-5-3-2-4-6-18)9-10-22(25)14-21(20)16-24/h2-8,11-13,20-21H,9-10,14-16H2,1H3/b19-13+/t20-,21+/m1/s1. The van der Waals surface area contributed by atoms with E-state index < -0.39 is 10.0 Å². The Morgan fingerprint density at radius 2 is 1.64 bits per heavy atom. The molecule has 146 valence electrons.